The number of aromatic nitrogens is 3. The lowest BCUT2D eigenvalue weighted by atomic mass is 9.91. The number of amides is 1. The van der Waals surface area contributed by atoms with Crippen molar-refractivity contribution in [3.05, 3.63) is 70.0 Å². The Kier molecular flexibility index (Phi) is 7.95. The van der Waals surface area contributed by atoms with Gasteiger partial charge >= 0.3 is 0 Å². The van der Waals surface area contributed by atoms with Gasteiger partial charge in [0.25, 0.3) is 0 Å². The number of rotatable bonds is 8. The molecular formula is C27H35N5OS. The number of aromatic amines is 1. The summed E-state index contributed by atoms with van der Waals surface area (Å²) < 4.78 is 2.42. The van der Waals surface area contributed by atoms with Gasteiger partial charge in [-0.05, 0) is 54.6 Å². The minimum absolute atomic E-state index is 0.00124. The van der Waals surface area contributed by atoms with Crippen LogP contribution in [0.2, 0.25) is 0 Å². The van der Waals surface area contributed by atoms with Crippen LogP contribution in [0.1, 0.15) is 43.4 Å². The molecule has 180 valence electrons. The van der Waals surface area contributed by atoms with Crippen molar-refractivity contribution in [2.45, 2.75) is 53.2 Å². The molecule has 2 atom stereocenters. The highest BCUT2D eigenvalue weighted by Gasteiger charge is 2.21. The van der Waals surface area contributed by atoms with Gasteiger partial charge in [0, 0.05) is 44.7 Å². The minimum atomic E-state index is -0.00124. The van der Waals surface area contributed by atoms with Gasteiger partial charge in [-0.2, -0.15) is 5.10 Å². The molecule has 2 heterocycles. The molecule has 0 aliphatic carbocycles. The van der Waals surface area contributed by atoms with Gasteiger partial charge in [0.15, 0.2) is 10.6 Å². The van der Waals surface area contributed by atoms with E-state index in [2.05, 4.69) is 64.6 Å². The summed E-state index contributed by atoms with van der Waals surface area (Å²) >= 11 is 5.39. The van der Waals surface area contributed by atoms with Gasteiger partial charge < -0.3 is 5.32 Å². The van der Waals surface area contributed by atoms with Crippen LogP contribution in [0, 0.1) is 23.5 Å². The van der Waals surface area contributed by atoms with Gasteiger partial charge in [-0.3, -0.25) is 19.4 Å². The van der Waals surface area contributed by atoms with Gasteiger partial charge in [0.1, 0.15) is 0 Å². The van der Waals surface area contributed by atoms with Crippen molar-refractivity contribution in [1.82, 2.24) is 25.0 Å². The Balaban J connectivity index is 1.27. The van der Waals surface area contributed by atoms with Crippen molar-refractivity contribution in [3.8, 4) is 11.4 Å². The molecule has 0 bridgehead atoms. The second kappa shape index (κ2) is 11.1. The van der Waals surface area contributed by atoms with Gasteiger partial charge in [-0.15, -0.1) is 0 Å². The predicted octanol–water partition coefficient (Wildman–Crippen LogP) is 5.10. The molecule has 34 heavy (non-hydrogen) atoms. The molecule has 1 aliphatic heterocycles. The van der Waals surface area contributed by atoms with Crippen LogP contribution in [-0.2, 0) is 24.4 Å². The first-order valence-corrected chi connectivity index (χ1v) is 12.6. The van der Waals surface area contributed by atoms with E-state index in [1.807, 2.05) is 29.7 Å². The van der Waals surface area contributed by atoms with Crippen LogP contribution in [0.4, 0.5) is 0 Å². The van der Waals surface area contributed by atoms with Crippen molar-refractivity contribution in [2.24, 2.45) is 11.8 Å². The van der Waals surface area contributed by atoms with Gasteiger partial charge in [-0.25, -0.2) is 0 Å². The predicted molar refractivity (Wildman–Crippen MR) is 139 cm³/mol. The van der Waals surface area contributed by atoms with E-state index in [1.165, 1.54) is 25.1 Å². The number of piperidine rings is 1. The largest absolute Gasteiger partial charge is 0.352 e. The molecule has 1 amide bonds. The highest BCUT2D eigenvalue weighted by Crippen LogP contribution is 2.23. The summed E-state index contributed by atoms with van der Waals surface area (Å²) in [7, 11) is 0. The maximum absolute atomic E-state index is 12.5. The third-order valence-electron chi connectivity index (χ3n) is 6.46. The molecule has 1 aliphatic rings. The number of H-pyrrole nitrogens is 1. The number of nitrogens with zero attached hydrogens (tertiary/aromatic N) is 3. The van der Waals surface area contributed by atoms with Gasteiger partial charge in [0.2, 0.25) is 5.91 Å². The lowest BCUT2D eigenvalue weighted by molar-refractivity contribution is -0.121. The van der Waals surface area contributed by atoms with Crippen LogP contribution < -0.4 is 5.32 Å². The minimum Gasteiger partial charge on any atom is -0.352 e. The van der Waals surface area contributed by atoms with E-state index in [9.17, 15) is 4.79 Å². The molecule has 6 nitrogen and oxygen atoms in total. The molecule has 0 unspecified atom stereocenters. The lowest BCUT2D eigenvalue weighted by Gasteiger charge is -2.35. The van der Waals surface area contributed by atoms with E-state index >= 15 is 0 Å². The second-order valence-corrected chi connectivity index (χ2v) is 10.2. The molecule has 3 aromatic rings. The Hall–Kier alpha value is -2.77. The summed E-state index contributed by atoms with van der Waals surface area (Å²) in [4.78, 5) is 15.1. The summed E-state index contributed by atoms with van der Waals surface area (Å²) in [5.41, 5.74) is 4.58. The molecule has 1 aromatic heterocycles. The number of likely N-dealkylation sites (tertiary alicyclic amines) is 1. The first kappa shape index (κ1) is 24.4. The van der Waals surface area contributed by atoms with Crippen molar-refractivity contribution in [1.29, 1.82) is 0 Å². The highest BCUT2D eigenvalue weighted by atomic mass is 32.1. The Labute approximate surface area is 207 Å². The molecule has 7 heteroatoms. The quantitative estimate of drug-likeness (QED) is 0.443. The fraction of sp³-hybridized carbons (Fsp3) is 0.444. The fourth-order valence-corrected chi connectivity index (χ4v) is 5.20. The zero-order valence-corrected chi connectivity index (χ0v) is 21.2. The van der Waals surface area contributed by atoms with E-state index in [0.29, 0.717) is 24.3 Å². The molecule has 0 saturated carbocycles. The second-order valence-electron chi connectivity index (χ2n) is 9.86. The molecule has 2 N–H and O–H groups in total. The van der Waals surface area contributed by atoms with Crippen molar-refractivity contribution in [2.75, 3.05) is 13.1 Å². The molecule has 1 saturated heterocycles. The molecule has 1 fully saturated rings. The normalized spacial score (nSPS) is 18.7. The van der Waals surface area contributed by atoms with Crippen LogP contribution >= 0.6 is 12.2 Å². The number of hydrogen-bond donors (Lipinski definition) is 2. The zero-order valence-electron chi connectivity index (χ0n) is 20.4. The molecule has 2 aromatic carbocycles. The van der Waals surface area contributed by atoms with Crippen LogP contribution in [0.3, 0.4) is 0 Å². The van der Waals surface area contributed by atoms with E-state index in [1.54, 1.807) is 0 Å². The van der Waals surface area contributed by atoms with Crippen molar-refractivity contribution < 1.29 is 4.79 Å². The van der Waals surface area contributed by atoms with Crippen molar-refractivity contribution in [3.63, 3.8) is 0 Å². The maximum atomic E-state index is 12.5. The van der Waals surface area contributed by atoms with Crippen LogP contribution in [0.15, 0.2) is 48.5 Å². The number of benzene rings is 2. The summed E-state index contributed by atoms with van der Waals surface area (Å²) in [6, 6.07) is 16.7. The van der Waals surface area contributed by atoms with E-state index in [0.717, 1.165) is 40.9 Å². The third kappa shape index (κ3) is 6.42. The first-order valence-electron chi connectivity index (χ1n) is 12.2. The van der Waals surface area contributed by atoms with Crippen LogP contribution in [0.25, 0.3) is 11.4 Å². The first-order chi connectivity index (χ1) is 16.4. The Morgan fingerprint density at radius 2 is 1.82 bits per heavy atom. The van der Waals surface area contributed by atoms with Crippen molar-refractivity contribution >= 4 is 18.1 Å². The maximum Gasteiger partial charge on any atom is 0.222 e. The SMILES string of the molecule is Cc1cccc(-c2n[nH]c(=S)n2CCC(=O)NCc2ccc(CN3C[C@H](C)C[C@@H](C)C3)cc2)c1. The number of carbonyl (C=O) groups is 1. The number of hydrogen-bond acceptors (Lipinski definition) is 4. The fourth-order valence-electron chi connectivity index (χ4n) is 4.97. The van der Waals surface area contributed by atoms with Crippen LogP contribution in [-0.4, -0.2) is 38.7 Å². The lowest BCUT2D eigenvalue weighted by Crippen LogP contribution is -2.38. The monoisotopic (exact) mass is 477 g/mol. The Bertz CT molecular complexity index is 1160. The average Bonchev–Trinajstić information content (AvgIpc) is 3.17. The standard InChI is InChI=1S/C27H35N5OS/c1-19-5-4-6-24(14-19)26-29-30-27(34)32(26)12-11-25(33)28-15-22-7-9-23(10-8-22)18-31-16-20(2)13-21(3)17-31/h4-10,14,20-21H,11-13,15-18H2,1-3H3,(H,28,33)(H,30,34)/t20-,21-/m1/s1. The molecule has 4 rings (SSSR count). The van der Waals surface area contributed by atoms with Gasteiger partial charge in [0.05, 0.1) is 0 Å². The Morgan fingerprint density at radius 1 is 1.12 bits per heavy atom. The van der Waals surface area contributed by atoms with E-state index < -0.39 is 0 Å². The molecule has 0 radical (unpaired) electrons. The Morgan fingerprint density at radius 3 is 2.53 bits per heavy atom. The average molecular weight is 478 g/mol. The number of carbonyl (C=O) groups excluding carboxylic acids is 1. The number of nitrogens with one attached hydrogen (secondary N) is 2. The van der Waals surface area contributed by atoms with Crippen LogP contribution in [0.5, 0.6) is 0 Å². The summed E-state index contributed by atoms with van der Waals surface area (Å²) in [5.74, 6) is 2.29. The third-order valence-corrected chi connectivity index (χ3v) is 6.77. The molecular weight excluding hydrogens is 442 g/mol. The zero-order chi connectivity index (χ0) is 24.1. The number of aryl methyl sites for hydroxylation is 1. The summed E-state index contributed by atoms with van der Waals surface area (Å²) in [6.45, 7) is 11.1. The topological polar surface area (TPSA) is 66.0 Å². The highest BCUT2D eigenvalue weighted by molar-refractivity contribution is 7.71. The smallest absolute Gasteiger partial charge is 0.222 e. The summed E-state index contributed by atoms with van der Waals surface area (Å²) in [6.07, 6.45) is 1.67. The molecule has 0 spiro atoms. The summed E-state index contributed by atoms with van der Waals surface area (Å²) in [5, 5.41) is 10.3. The van der Waals surface area contributed by atoms with E-state index in [-0.39, 0.29) is 5.91 Å². The van der Waals surface area contributed by atoms with E-state index in [4.69, 9.17) is 12.2 Å². The van der Waals surface area contributed by atoms with Gasteiger partial charge in [-0.1, -0.05) is 61.9 Å².